The van der Waals surface area contributed by atoms with E-state index in [1.54, 1.807) is 6.07 Å². The maximum absolute atomic E-state index is 11.2. The van der Waals surface area contributed by atoms with Crippen LogP contribution >= 0.6 is 12.8 Å². The van der Waals surface area contributed by atoms with E-state index in [1.807, 2.05) is 24.3 Å². The monoisotopic (exact) mass is 350 g/mol. The fourth-order valence-corrected chi connectivity index (χ4v) is 3.46. The quantitative estimate of drug-likeness (QED) is 0.624. The van der Waals surface area contributed by atoms with Gasteiger partial charge in [0.2, 0.25) is 0 Å². The van der Waals surface area contributed by atoms with Crippen molar-refractivity contribution in [2.45, 2.75) is 18.9 Å². The number of aryl methyl sites for hydroxylation is 1. The number of rotatable bonds is 3. The molecule has 0 fully saturated rings. The van der Waals surface area contributed by atoms with Crippen LogP contribution in [0.25, 0.3) is 10.9 Å². The molecule has 4 rings (SSSR count). The molecule has 1 aromatic heterocycles. The first kappa shape index (κ1) is 15.8. The van der Waals surface area contributed by atoms with Gasteiger partial charge < -0.3 is 11.1 Å². The number of anilines is 2. The SMILES string of the molecule is NC(=O)N(S)c1ccc2nc(NC3CCc4ccccc43)ccc2c1. The summed E-state index contributed by atoms with van der Waals surface area (Å²) in [4.78, 5) is 15.9. The lowest BCUT2D eigenvalue weighted by molar-refractivity contribution is 0.257. The van der Waals surface area contributed by atoms with Gasteiger partial charge in [-0.15, -0.1) is 0 Å². The standard InChI is InChI=1S/C19H18N4OS/c20-19(24)23(25)14-7-9-16-13(11-14)6-10-18(21-16)22-17-8-5-12-3-1-2-4-15(12)17/h1-4,6-7,9-11,17,25H,5,8H2,(H2,20,24)(H,21,22). The maximum Gasteiger partial charge on any atom is 0.329 e. The number of fused-ring (bicyclic) bond motifs is 2. The van der Waals surface area contributed by atoms with E-state index in [0.717, 1.165) is 33.9 Å². The predicted molar refractivity (Wildman–Crippen MR) is 104 cm³/mol. The Morgan fingerprint density at radius 1 is 1.20 bits per heavy atom. The Bertz CT molecular complexity index is 959. The lowest BCUT2D eigenvalue weighted by Gasteiger charge is -2.16. The van der Waals surface area contributed by atoms with Crippen LogP contribution in [0, 0.1) is 0 Å². The van der Waals surface area contributed by atoms with Crippen molar-refractivity contribution in [3.05, 3.63) is 65.7 Å². The van der Waals surface area contributed by atoms with Crippen molar-refractivity contribution in [1.82, 2.24) is 4.98 Å². The van der Waals surface area contributed by atoms with Crippen LogP contribution in [-0.4, -0.2) is 11.0 Å². The van der Waals surface area contributed by atoms with Gasteiger partial charge in [0.25, 0.3) is 0 Å². The molecule has 6 heteroatoms. The number of carbonyl (C=O) groups excluding carboxylic acids is 1. The highest BCUT2D eigenvalue weighted by atomic mass is 32.1. The van der Waals surface area contributed by atoms with E-state index in [4.69, 9.17) is 5.73 Å². The summed E-state index contributed by atoms with van der Waals surface area (Å²) in [5.41, 5.74) is 9.49. The molecule has 0 saturated carbocycles. The van der Waals surface area contributed by atoms with E-state index in [2.05, 4.69) is 47.4 Å². The number of aromatic nitrogens is 1. The van der Waals surface area contributed by atoms with Gasteiger partial charge in [-0.25, -0.2) is 14.1 Å². The minimum atomic E-state index is -0.617. The van der Waals surface area contributed by atoms with Gasteiger partial charge in [-0.05, 0) is 54.3 Å². The number of benzene rings is 2. The van der Waals surface area contributed by atoms with Crippen molar-refractivity contribution in [2.75, 3.05) is 9.62 Å². The summed E-state index contributed by atoms with van der Waals surface area (Å²) in [5.74, 6) is 0.847. The van der Waals surface area contributed by atoms with Crippen LogP contribution in [0.3, 0.4) is 0 Å². The number of hydrogen-bond donors (Lipinski definition) is 3. The molecule has 3 N–H and O–H groups in total. The van der Waals surface area contributed by atoms with E-state index < -0.39 is 6.03 Å². The number of thiol groups is 1. The fourth-order valence-electron chi connectivity index (χ4n) is 3.34. The average Bonchev–Trinajstić information content (AvgIpc) is 3.03. The molecule has 2 aromatic carbocycles. The van der Waals surface area contributed by atoms with Gasteiger partial charge in [-0.1, -0.05) is 37.1 Å². The van der Waals surface area contributed by atoms with Crippen LogP contribution in [0.1, 0.15) is 23.6 Å². The topological polar surface area (TPSA) is 71.2 Å². The molecule has 25 heavy (non-hydrogen) atoms. The van der Waals surface area contributed by atoms with Gasteiger partial charge in [-0.3, -0.25) is 0 Å². The lowest BCUT2D eigenvalue weighted by Crippen LogP contribution is -2.27. The number of carbonyl (C=O) groups is 1. The molecule has 0 radical (unpaired) electrons. The third-order valence-corrected chi connectivity index (χ3v) is 5.01. The number of nitrogens with one attached hydrogen (secondary N) is 1. The number of primary amides is 1. The van der Waals surface area contributed by atoms with Gasteiger partial charge in [0.1, 0.15) is 5.82 Å². The van der Waals surface area contributed by atoms with Crippen LogP contribution in [0.4, 0.5) is 16.3 Å². The highest BCUT2D eigenvalue weighted by Gasteiger charge is 2.21. The molecule has 1 aliphatic rings. The van der Waals surface area contributed by atoms with E-state index in [9.17, 15) is 4.79 Å². The summed E-state index contributed by atoms with van der Waals surface area (Å²) in [6.07, 6.45) is 2.17. The zero-order valence-electron chi connectivity index (χ0n) is 13.5. The Morgan fingerprint density at radius 2 is 2.04 bits per heavy atom. The number of nitrogens with zero attached hydrogens (tertiary/aromatic N) is 2. The van der Waals surface area contributed by atoms with Crippen molar-refractivity contribution in [1.29, 1.82) is 0 Å². The third kappa shape index (κ3) is 3.00. The maximum atomic E-state index is 11.2. The van der Waals surface area contributed by atoms with E-state index >= 15 is 0 Å². The zero-order valence-corrected chi connectivity index (χ0v) is 14.4. The third-order valence-electron chi connectivity index (χ3n) is 4.58. The Hall–Kier alpha value is -2.73. The van der Waals surface area contributed by atoms with Gasteiger partial charge in [-0.2, -0.15) is 0 Å². The number of pyridine rings is 1. The molecule has 0 spiro atoms. The first-order valence-electron chi connectivity index (χ1n) is 8.15. The highest BCUT2D eigenvalue weighted by Crippen LogP contribution is 2.33. The van der Waals surface area contributed by atoms with Gasteiger partial charge >= 0.3 is 6.03 Å². The fraction of sp³-hybridized carbons (Fsp3) is 0.158. The zero-order chi connectivity index (χ0) is 17.4. The minimum Gasteiger partial charge on any atom is -0.363 e. The van der Waals surface area contributed by atoms with Crippen LogP contribution in [0.15, 0.2) is 54.6 Å². The Labute approximate surface area is 151 Å². The Kier molecular flexibility index (Phi) is 3.97. The van der Waals surface area contributed by atoms with Crippen LogP contribution in [-0.2, 0) is 6.42 Å². The summed E-state index contributed by atoms with van der Waals surface area (Å²) < 4.78 is 1.11. The summed E-state index contributed by atoms with van der Waals surface area (Å²) in [6.45, 7) is 0. The lowest BCUT2D eigenvalue weighted by atomic mass is 10.1. The molecular formula is C19H18N4OS. The largest absolute Gasteiger partial charge is 0.363 e. The second-order valence-corrected chi connectivity index (χ2v) is 6.56. The first-order chi connectivity index (χ1) is 12.1. The molecule has 0 bridgehead atoms. The molecule has 126 valence electrons. The van der Waals surface area contributed by atoms with Crippen molar-refractivity contribution < 1.29 is 4.79 Å². The number of hydrogen-bond acceptors (Lipinski definition) is 4. The Balaban J connectivity index is 1.60. The minimum absolute atomic E-state index is 0.295. The summed E-state index contributed by atoms with van der Waals surface area (Å²) in [6, 6.07) is 17.6. The van der Waals surface area contributed by atoms with Gasteiger partial charge in [0.05, 0.1) is 17.2 Å². The highest BCUT2D eigenvalue weighted by molar-refractivity contribution is 7.82. The van der Waals surface area contributed by atoms with Crippen molar-refractivity contribution in [3.63, 3.8) is 0 Å². The van der Waals surface area contributed by atoms with Crippen molar-refractivity contribution in [3.8, 4) is 0 Å². The van der Waals surface area contributed by atoms with Gasteiger partial charge in [0.15, 0.2) is 0 Å². The van der Waals surface area contributed by atoms with Gasteiger partial charge in [0, 0.05) is 5.39 Å². The van der Waals surface area contributed by atoms with E-state index in [-0.39, 0.29) is 0 Å². The molecule has 1 aliphatic carbocycles. The van der Waals surface area contributed by atoms with Crippen LogP contribution in [0.5, 0.6) is 0 Å². The Morgan fingerprint density at radius 3 is 2.88 bits per heavy atom. The number of amides is 2. The average molecular weight is 350 g/mol. The summed E-state index contributed by atoms with van der Waals surface area (Å²) >= 11 is 4.09. The van der Waals surface area contributed by atoms with Crippen LogP contribution in [0.2, 0.25) is 0 Å². The number of urea groups is 1. The summed E-state index contributed by atoms with van der Waals surface area (Å²) in [7, 11) is 0. The molecule has 2 amide bonds. The van der Waals surface area contributed by atoms with E-state index in [1.165, 1.54) is 11.1 Å². The van der Waals surface area contributed by atoms with Crippen molar-refractivity contribution in [2.24, 2.45) is 5.73 Å². The first-order valence-corrected chi connectivity index (χ1v) is 8.55. The molecule has 0 aliphatic heterocycles. The summed E-state index contributed by atoms with van der Waals surface area (Å²) in [5, 5.41) is 4.46. The van der Waals surface area contributed by atoms with Crippen LogP contribution < -0.4 is 15.4 Å². The van der Waals surface area contributed by atoms with Crippen molar-refractivity contribution >= 4 is 41.3 Å². The smallest absolute Gasteiger partial charge is 0.329 e. The molecular weight excluding hydrogens is 332 g/mol. The molecule has 3 aromatic rings. The molecule has 1 atom stereocenters. The molecule has 5 nitrogen and oxygen atoms in total. The second-order valence-electron chi connectivity index (χ2n) is 6.16. The second kappa shape index (κ2) is 6.29. The number of nitrogens with two attached hydrogens (primary N) is 1. The predicted octanol–water partition coefficient (Wildman–Crippen LogP) is 4.06. The molecule has 1 unspecified atom stereocenters. The molecule has 0 saturated heterocycles. The van der Waals surface area contributed by atoms with E-state index in [0.29, 0.717) is 11.7 Å². The normalized spacial score (nSPS) is 15.8. The molecule has 1 heterocycles.